The van der Waals surface area contributed by atoms with Gasteiger partial charge in [-0.25, -0.2) is 0 Å². The number of hydrogen-bond acceptors (Lipinski definition) is 6. The van der Waals surface area contributed by atoms with E-state index in [4.69, 9.17) is 37.0 Å². The maximum Gasteiger partial charge on any atom is 0.266 e. The van der Waals surface area contributed by atoms with Crippen LogP contribution in [0.15, 0.2) is 29.8 Å². The second-order valence-corrected chi connectivity index (χ2v) is 7.41. The number of halogens is 2. The fraction of sp³-hybridized carbons (Fsp3) is 0.182. The summed E-state index contributed by atoms with van der Waals surface area (Å²) in [4.78, 5) is 12.7. The topological polar surface area (TPSA) is 89.8 Å². The number of nitriles is 1. The summed E-state index contributed by atoms with van der Waals surface area (Å²) in [5.74, 6) is 3.34. The van der Waals surface area contributed by atoms with E-state index in [1.165, 1.54) is 39.5 Å². The van der Waals surface area contributed by atoms with Gasteiger partial charge in [0.2, 0.25) is 0 Å². The number of ether oxygens (including phenoxy) is 4. The van der Waals surface area contributed by atoms with Crippen molar-refractivity contribution in [1.29, 1.82) is 5.26 Å². The monoisotopic (exact) mass is 552 g/mol. The summed E-state index contributed by atoms with van der Waals surface area (Å²) < 4.78 is 22.0. The average Bonchev–Trinajstić information content (AvgIpc) is 2.76. The van der Waals surface area contributed by atoms with Crippen LogP contribution in [0.1, 0.15) is 5.56 Å². The Hall–Kier alpha value is -3.08. The standard InChI is InChI=1S/C22H18ClIN2O5/c1-5-6-31-21-16(24)8-13(9-20(21)30-4)7-14(12-25)22(27)26-17-11-18(28-2)15(23)10-19(17)29-3/h1,7-11H,6H2,2-4H3,(H,26,27)/b14-7+. The number of nitrogens with one attached hydrogen (secondary N) is 1. The van der Waals surface area contributed by atoms with Crippen molar-refractivity contribution >= 4 is 51.9 Å². The normalized spacial score (nSPS) is 10.5. The number of terminal acetylenes is 1. The van der Waals surface area contributed by atoms with Gasteiger partial charge in [-0.3, -0.25) is 4.79 Å². The summed E-state index contributed by atoms with van der Waals surface area (Å²) in [7, 11) is 4.37. The van der Waals surface area contributed by atoms with Crippen LogP contribution in [0.4, 0.5) is 5.69 Å². The van der Waals surface area contributed by atoms with E-state index in [1.54, 1.807) is 12.1 Å². The number of nitrogens with zero attached hydrogens (tertiary/aromatic N) is 1. The molecule has 9 heteroatoms. The Morgan fingerprint density at radius 2 is 1.84 bits per heavy atom. The summed E-state index contributed by atoms with van der Waals surface area (Å²) in [5, 5.41) is 12.5. The number of carbonyl (C=O) groups excluding carboxylic acids is 1. The summed E-state index contributed by atoms with van der Waals surface area (Å²) in [5.41, 5.74) is 0.743. The Morgan fingerprint density at radius 1 is 1.16 bits per heavy atom. The molecule has 0 bridgehead atoms. The van der Waals surface area contributed by atoms with Crippen LogP contribution in [0, 0.1) is 27.2 Å². The Bertz CT molecular complexity index is 1100. The van der Waals surface area contributed by atoms with Crippen LogP contribution in [-0.2, 0) is 4.79 Å². The fourth-order valence-electron chi connectivity index (χ4n) is 2.54. The van der Waals surface area contributed by atoms with E-state index in [1.807, 2.05) is 6.07 Å². The van der Waals surface area contributed by atoms with Gasteiger partial charge in [0.1, 0.15) is 29.7 Å². The summed E-state index contributed by atoms with van der Waals surface area (Å²) in [6.07, 6.45) is 6.68. The minimum atomic E-state index is -0.633. The quantitative estimate of drug-likeness (QED) is 0.224. The SMILES string of the molecule is C#CCOc1c(I)cc(/C=C(\C#N)C(=O)Nc2cc(OC)c(Cl)cc2OC)cc1OC. The summed E-state index contributed by atoms with van der Waals surface area (Å²) in [6, 6.07) is 8.31. The van der Waals surface area contributed by atoms with Crippen molar-refractivity contribution in [2.45, 2.75) is 0 Å². The Morgan fingerprint density at radius 3 is 2.42 bits per heavy atom. The first-order valence-electron chi connectivity index (χ1n) is 8.66. The summed E-state index contributed by atoms with van der Waals surface area (Å²) in [6.45, 7) is 0.0831. The fourth-order valence-corrected chi connectivity index (χ4v) is 3.55. The van der Waals surface area contributed by atoms with Gasteiger partial charge in [0.15, 0.2) is 11.5 Å². The van der Waals surface area contributed by atoms with E-state index in [0.29, 0.717) is 42.8 Å². The van der Waals surface area contributed by atoms with E-state index in [9.17, 15) is 10.1 Å². The largest absolute Gasteiger partial charge is 0.495 e. The molecule has 0 heterocycles. The molecule has 7 nitrogen and oxygen atoms in total. The number of benzene rings is 2. The number of hydrogen-bond donors (Lipinski definition) is 1. The van der Waals surface area contributed by atoms with Crippen LogP contribution in [0.3, 0.4) is 0 Å². The van der Waals surface area contributed by atoms with Gasteiger partial charge < -0.3 is 24.3 Å². The lowest BCUT2D eigenvalue weighted by Crippen LogP contribution is -2.14. The zero-order valence-electron chi connectivity index (χ0n) is 16.9. The lowest BCUT2D eigenvalue weighted by Gasteiger charge is -2.13. The van der Waals surface area contributed by atoms with Crippen molar-refractivity contribution < 1.29 is 23.7 Å². The van der Waals surface area contributed by atoms with E-state index in [-0.39, 0.29) is 12.2 Å². The van der Waals surface area contributed by atoms with Gasteiger partial charge in [0.25, 0.3) is 5.91 Å². The van der Waals surface area contributed by atoms with Crippen molar-refractivity contribution in [3.8, 4) is 41.4 Å². The maximum atomic E-state index is 12.7. The molecule has 0 saturated carbocycles. The lowest BCUT2D eigenvalue weighted by atomic mass is 10.1. The van der Waals surface area contributed by atoms with Crippen molar-refractivity contribution in [2.75, 3.05) is 33.3 Å². The highest BCUT2D eigenvalue weighted by Crippen LogP contribution is 2.37. The third-order valence-corrected chi connectivity index (χ3v) is 5.05. The van der Waals surface area contributed by atoms with Crippen LogP contribution < -0.4 is 24.3 Å². The third kappa shape index (κ3) is 5.97. The highest BCUT2D eigenvalue weighted by molar-refractivity contribution is 14.1. The van der Waals surface area contributed by atoms with Crippen LogP contribution >= 0.6 is 34.2 Å². The van der Waals surface area contributed by atoms with Gasteiger partial charge >= 0.3 is 0 Å². The van der Waals surface area contributed by atoms with Gasteiger partial charge in [0, 0.05) is 12.1 Å². The first-order valence-corrected chi connectivity index (χ1v) is 10.1. The molecule has 2 aromatic carbocycles. The molecule has 0 unspecified atom stereocenters. The van der Waals surface area contributed by atoms with Gasteiger partial charge in [-0.15, -0.1) is 6.42 Å². The second kappa shape index (κ2) is 11.3. The Kier molecular flexibility index (Phi) is 8.86. The van der Waals surface area contributed by atoms with E-state index in [0.717, 1.165) is 0 Å². The Labute approximate surface area is 199 Å². The van der Waals surface area contributed by atoms with Gasteiger partial charge in [-0.2, -0.15) is 5.26 Å². The molecule has 0 aliphatic carbocycles. The highest BCUT2D eigenvalue weighted by atomic mass is 127. The maximum absolute atomic E-state index is 12.7. The van der Waals surface area contributed by atoms with Crippen molar-refractivity contribution in [3.63, 3.8) is 0 Å². The number of anilines is 1. The molecule has 2 aromatic rings. The molecule has 2 rings (SSSR count). The zero-order valence-corrected chi connectivity index (χ0v) is 19.8. The third-order valence-electron chi connectivity index (χ3n) is 3.95. The molecule has 160 valence electrons. The molecule has 0 atom stereocenters. The predicted molar refractivity (Wildman–Crippen MR) is 127 cm³/mol. The van der Waals surface area contributed by atoms with Crippen molar-refractivity contribution in [3.05, 3.63) is 44.0 Å². The molecular weight excluding hydrogens is 535 g/mol. The van der Waals surface area contributed by atoms with E-state index in [2.05, 4.69) is 33.8 Å². The van der Waals surface area contributed by atoms with Crippen LogP contribution in [0.5, 0.6) is 23.0 Å². The molecule has 0 fully saturated rings. The van der Waals surface area contributed by atoms with Crippen LogP contribution in [0.25, 0.3) is 6.08 Å². The number of rotatable bonds is 8. The van der Waals surface area contributed by atoms with Crippen molar-refractivity contribution in [1.82, 2.24) is 0 Å². The molecule has 0 spiro atoms. The number of methoxy groups -OCH3 is 3. The molecule has 0 saturated heterocycles. The molecule has 1 N–H and O–H groups in total. The highest BCUT2D eigenvalue weighted by Gasteiger charge is 2.17. The Balaban J connectivity index is 2.38. The summed E-state index contributed by atoms with van der Waals surface area (Å²) >= 11 is 8.15. The first kappa shape index (κ1) is 24.2. The van der Waals surface area contributed by atoms with Gasteiger partial charge in [-0.05, 0) is 46.4 Å². The minimum Gasteiger partial charge on any atom is -0.495 e. The second-order valence-electron chi connectivity index (χ2n) is 5.84. The number of amides is 1. The molecule has 0 radical (unpaired) electrons. The van der Waals surface area contributed by atoms with E-state index >= 15 is 0 Å². The molecule has 0 aliphatic rings. The average molecular weight is 553 g/mol. The minimum absolute atomic E-state index is 0.0831. The van der Waals surface area contributed by atoms with Crippen LogP contribution in [0.2, 0.25) is 5.02 Å². The zero-order chi connectivity index (χ0) is 23.0. The van der Waals surface area contributed by atoms with Crippen LogP contribution in [-0.4, -0.2) is 33.8 Å². The predicted octanol–water partition coefficient (Wildman–Crippen LogP) is 4.53. The van der Waals surface area contributed by atoms with Crippen molar-refractivity contribution in [2.24, 2.45) is 0 Å². The number of carbonyl (C=O) groups is 1. The van der Waals surface area contributed by atoms with E-state index < -0.39 is 5.91 Å². The molecule has 1 amide bonds. The first-order chi connectivity index (χ1) is 14.9. The molecule has 31 heavy (non-hydrogen) atoms. The molecule has 0 aliphatic heterocycles. The molecular formula is C22H18ClIN2O5. The van der Waals surface area contributed by atoms with Gasteiger partial charge in [0.05, 0.1) is 35.6 Å². The van der Waals surface area contributed by atoms with Gasteiger partial charge in [-0.1, -0.05) is 17.5 Å². The lowest BCUT2D eigenvalue weighted by molar-refractivity contribution is -0.112. The smallest absolute Gasteiger partial charge is 0.266 e. The molecule has 0 aromatic heterocycles.